The number of carbonyl (C=O) groups is 3. The number of carboxylic acids is 1. The fourth-order valence-corrected chi connectivity index (χ4v) is 3.35. The Hall–Kier alpha value is -2.41. The minimum atomic E-state index is -1.29. The molecule has 7 nitrogen and oxygen atoms in total. The molecule has 2 fully saturated rings. The van der Waals surface area contributed by atoms with Crippen LogP contribution < -0.4 is 5.32 Å². The second-order valence-corrected chi connectivity index (χ2v) is 6.65. The molecule has 1 atom stereocenters. The van der Waals surface area contributed by atoms with Crippen molar-refractivity contribution in [1.29, 1.82) is 0 Å². The molecule has 2 saturated heterocycles. The lowest BCUT2D eigenvalue weighted by Crippen LogP contribution is -2.58. The van der Waals surface area contributed by atoms with Crippen LogP contribution in [0.5, 0.6) is 0 Å². The van der Waals surface area contributed by atoms with Gasteiger partial charge in [-0.05, 0) is 5.56 Å². The van der Waals surface area contributed by atoms with Gasteiger partial charge in [-0.15, -0.1) is 0 Å². The average Bonchev–Trinajstić information content (AvgIpc) is 2.97. The fourth-order valence-electron chi connectivity index (χ4n) is 3.35. The molecule has 2 aliphatic heterocycles. The van der Waals surface area contributed by atoms with Crippen LogP contribution in [0, 0.1) is 5.92 Å². The van der Waals surface area contributed by atoms with Gasteiger partial charge in [-0.1, -0.05) is 30.3 Å². The third kappa shape index (κ3) is 3.82. The number of aliphatic carboxylic acids is 1. The fraction of sp³-hybridized carbons (Fsp3) is 0.500. The number of hydrogen-bond donors (Lipinski definition) is 2. The lowest BCUT2D eigenvalue weighted by molar-refractivity contribution is -0.152. The largest absolute Gasteiger partial charge is 0.480 e. The Kier molecular flexibility index (Phi) is 5.03. The zero-order chi connectivity index (χ0) is 17.9. The van der Waals surface area contributed by atoms with Crippen LogP contribution >= 0.6 is 0 Å². The zero-order valence-electron chi connectivity index (χ0n) is 13.9. The van der Waals surface area contributed by atoms with E-state index in [0.717, 1.165) is 5.56 Å². The number of nitrogens with zero attached hydrogens (tertiary/aromatic N) is 1. The Morgan fingerprint density at radius 2 is 1.92 bits per heavy atom. The van der Waals surface area contributed by atoms with Crippen molar-refractivity contribution < 1.29 is 24.2 Å². The molecular weight excluding hydrogens is 324 g/mol. The van der Waals surface area contributed by atoms with Gasteiger partial charge in [0.05, 0.1) is 5.92 Å². The number of carbonyl (C=O) groups excluding carboxylic acids is 2. The van der Waals surface area contributed by atoms with E-state index in [2.05, 4.69) is 5.32 Å². The SMILES string of the molecule is O=C(NC1(C(=O)O)CCOCC1)C1CC(=O)N(Cc2ccccc2)C1. The van der Waals surface area contributed by atoms with Crippen molar-refractivity contribution in [1.82, 2.24) is 10.2 Å². The van der Waals surface area contributed by atoms with Gasteiger partial charge in [0, 0.05) is 45.6 Å². The van der Waals surface area contributed by atoms with Crippen LogP contribution in [0.4, 0.5) is 0 Å². The van der Waals surface area contributed by atoms with E-state index in [1.807, 2.05) is 30.3 Å². The number of hydrogen-bond acceptors (Lipinski definition) is 4. The molecule has 1 aromatic rings. The van der Waals surface area contributed by atoms with Gasteiger partial charge in [-0.25, -0.2) is 4.79 Å². The molecule has 0 saturated carbocycles. The summed E-state index contributed by atoms with van der Waals surface area (Å²) in [5.74, 6) is -2.02. The van der Waals surface area contributed by atoms with E-state index in [9.17, 15) is 19.5 Å². The summed E-state index contributed by atoms with van der Waals surface area (Å²) < 4.78 is 5.21. The molecule has 134 valence electrons. The molecule has 0 aromatic heterocycles. The number of nitrogens with one attached hydrogen (secondary N) is 1. The van der Waals surface area contributed by atoms with Crippen molar-refractivity contribution in [2.24, 2.45) is 5.92 Å². The molecule has 3 rings (SSSR count). The molecule has 2 heterocycles. The van der Waals surface area contributed by atoms with E-state index >= 15 is 0 Å². The lowest BCUT2D eigenvalue weighted by Gasteiger charge is -2.34. The maximum Gasteiger partial charge on any atom is 0.329 e. The molecule has 1 unspecified atom stereocenters. The van der Waals surface area contributed by atoms with Crippen molar-refractivity contribution >= 4 is 17.8 Å². The summed E-state index contributed by atoms with van der Waals surface area (Å²) in [5.41, 5.74) is -0.283. The van der Waals surface area contributed by atoms with Crippen LogP contribution in [-0.4, -0.2) is 53.1 Å². The molecular formula is C18H22N2O5. The summed E-state index contributed by atoms with van der Waals surface area (Å²) in [6, 6.07) is 9.58. The third-order valence-corrected chi connectivity index (χ3v) is 4.92. The maximum atomic E-state index is 12.6. The normalized spacial score (nSPS) is 22.6. The van der Waals surface area contributed by atoms with Gasteiger partial charge < -0.3 is 20.1 Å². The summed E-state index contributed by atoms with van der Waals surface area (Å²) in [6.45, 7) is 1.37. The summed E-state index contributed by atoms with van der Waals surface area (Å²) >= 11 is 0. The Bertz CT molecular complexity index is 655. The Morgan fingerprint density at radius 3 is 2.56 bits per heavy atom. The highest BCUT2D eigenvalue weighted by Gasteiger charge is 2.44. The van der Waals surface area contributed by atoms with Gasteiger partial charge in [0.25, 0.3) is 0 Å². The van der Waals surface area contributed by atoms with Gasteiger partial charge >= 0.3 is 5.97 Å². The average molecular weight is 346 g/mol. The summed E-state index contributed by atoms with van der Waals surface area (Å²) in [6.07, 6.45) is 0.593. The van der Waals surface area contributed by atoms with Crippen molar-refractivity contribution in [3.05, 3.63) is 35.9 Å². The Labute approximate surface area is 146 Å². The second kappa shape index (κ2) is 7.23. The van der Waals surface area contributed by atoms with E-state index in [0.29, 0.717) is 26.3 Å². The molecule has 2 amide bonds. The van der Waals surface area contributed by atoms with E-state index in [4.69, 9.17) is 4.74 Å². The van der Waals surface area contributed by atoms with E-state index < -0.39 is 17.4 Å². The molecule has 2 N–H and O–H groups in total. The van der Waals surface area contributed by atoms with Crippen LogP contribution in [0.25, 0.3) is 0 Å². The minimum Gasteiger partial charge on any atom is -0.480 e. The first-order valence-corrected chi connectivity index (χ1v) is 8.45. The van der Waals surface area contributed by atoms with Crippen LogP contribution in [0.15, 0.2) is 30.3 Å². The summed E-state index contributed by atoms with van der Waals surface area (Å²) in [7, 11) is 0. The Morgan fingerprint density at radius 1 is 1.24 bits per heavy atom. The number of benzene rings is 1. The third-order valence-electron chi connectivity index (χ3n) is 4.92. The molecule has 0 bridgehead atoms. The molecule has 0 spiro atoms. The zero-order valence-corrected chi connectivity index (χ0v) is 13.9. The van der Waals surface area contributed by atoms with Gasteiger partial charge in [-0.2, -0.15) is 0 Å². The summed E-state index contributed by atoms with van der Waals surface area (Å²) in [5, 5.41) is 12.2. The highest BCUT2D eigenvalue weighted by molar-refractivity contribution is 5.92. The number of ether oxygens (including phenoxy) is 1. The highest BCUT2D eigenvalue weighted by atomic mass is 16.5. The van der Waals surface area contributed by atoms with Gasteiger partial charge in [-0.3, -0.25) is 9.59 Å². The smallest absolute Gasteiger partial charge is 0.329 e. The second-order valence-electron chi connectivity index (χ2n) is 6.65. The monoisotopic (exact) mass is 346 g/mol. The van der Waals surface area contributed by atoms with Crippen LogP contribution in [0.2, 0.25) is 0 Å². The van der Waals surface area contributed by atoms with Crippen molar-refractivity contribution in [3.8, 4) is 0 Å². The van der Waals surface area contributed by atoms with Gasteiger partial charge in [0.1, 0.15) is 5.54 Å². The number of amides is 2. The van der Waals surface area contributed by atoms with Crippen molar-refractivity contribution in [3.63, 3.8) is 0 Å². The molecule has 25 heavy (non-hydrogen) atoms. The van der Waals surface area contributed by atoms with E-state index in [1.165, 1.54) is 0 Å². The minimum absolute atomic E-state index is 0.0830. The van der Waals surface area contributed by atoms with E-state index in [-0.39, 0.29) is 31.1 Å². The van der Waals surface area contributed by atoms with E-state index in [1.54, 1.807) is 4.90 Å². The van der Waals surface area contributed by atoms with Crippen LogP contribution in [-0.2, 0) is 25.7 Å². The van der Waals surface area contributed by atoms with Crippen LogP contribution in [0.3, 0.4) is 0 Å². The van der Waals surface area contributed by atoms with Crippen LogP contribution in [0.1, 0.15) is 24.8 Å². The first kappa shape index (κ1) is 17.4. The standard InChI is InChI=1S/C18H22N2O5/c21-15-10-14(12-20(15)11-13-4-2-1-3-5-13)16(22)19-18(17(23)24)6-8-25-9-7-18/h1-5,14H,6-12H2,(H,19,22)(H,23,24). The number of likely N-dealkylation sites (tertiary alicyclic amines) is 1. The van der Waals surface area contributed by atoms with Crippen molar-refractivity contribution in [2.45, 2.75) is 31.3 Å². The molecule has 7 heteroatoms. The van der Waals surface area contributed by atoms with Crippen molar-refractivity contribution in [2.75, 3.05) is 19.8 Å². The first-order valence-electron chi connectivity index (χ1n) is 8.45. The molecule has 2 aliphatic rings. The molecule has 0 aliphatic carbocycles. The van der Waals surface area contributed by atoms with Gasteiger partial charge in [0.15, 0.2) is 0 Å². The molecule has 0 radical (unpaired) electrons. The maximum absolute atomic E-state index is 12.6. The number of rotatable bonds is 5. The predicted octanol–water partition coefficient (Wildman–Crippen LogP) is 0.785. The topological polar surface area (TPSA) is 95.9 Å². The quantitative estimate of drug-likeness (QED) is 0.822. The highest BCUT2D eigenvalue weighted by Crippen LogP contribution is 2.25. The predicted molar refractivity (Wildman–Crippen MR) is 88.5 cm³/mol. The lowest BCUT2D eigenvalue weighted by atomic mass is 9.89. The summed E-state index contributed by atoms with van der Waals surface area (Å²) in [4.78, 5) is 38.1. The Balaban J connectivity index is 1.63. The number of carboxylic acid groups (broad SMARTS) is 1. The first-order chi connectivity index (χ1) is 12.0. The van der Waals surface area contributed by atoms with Gasteiger partial charge in [0.2, 0.25) is 11.8 Å². The molecule has 1 aromatic carbocycles.